The fraction of sp³-hybridized carbons (Fsp3) is 0.333. The number of benzene rings is 1. The first-order valence-corrected chi connectivity index (χ1v) is 7.65. The van der Waals surface area contributed by atoms with Gasteiger partial charge < -0.3 is 10.4 Å². The molecular formula is C18H20N2O2. The van der Waals surface area contributed by atoms with E-state index < -0.39 is 6.10 Å². The van der Waals surface area contributed by atoms with Gasteiger partial charge >= 0.3 is 0 Å². The van der Waals surface area contributed by atoms with Gasteiger partial charge in [0.05, 0.1) is 5.69 Å². The predicted molar refractivity (Wildman–Crippen MR) is 85.3 cm³/mol. The van der Waals surface area contributed by atoms with Gasteiger partial charge in [-0.05, 0) is 37.0 Å². The molecule has 1 aliphatic carbocycles. The van der Waals surface area contributed by atoms with Crippen molar-refractivity contribution in [3.05, 3.63) is 59.9 Å². The van der Waals surface area contributed by atoms with Crippen molar-refractivity contribution in [3.8, 4) is 0 Å². The summed E-state index contributed by atoms with van der Waals surface area (Å²) in [6.45, 7) is 1.96. The Bertz CT molecular complexity index is 653. The number of nitrogens with one attached hydrogen (secondary N) is 1. The molecule has 1 aromatic heterocycles. The Balaban J connectivity index is 1.82. The molecule has 4 heteroatoms. The molecule has 0 aliphatic heterocycles. The molecule has 1 fully saturated rings. The predicted octanol–water partition coefficient (Wildman–Crippen LogP) is 3.15. The zero-order valence-corrected chi connectivity index (χ0v) is 12.6. The van der Waals surface area contributed by atoms with Crippen LogP contribution in [0, 0.1) is 11.8 Å². The SMILES string of the molecule is C[C@H](C(=O)Nc1ccccc1[C@H](O)c1ccccn1)C1CC1. The summed E-state index contributed by atoms with van der Waals surface area (Å²) in [6.07, 6.45) is 3.06. The smallest absolute Gasteiger partial charge is 0.227 e. The number of rotatable bonds is 5. The number of aromatic nitrogens is 1. The fourth-order valence-corrected chi connectivity index (χ4v) is 2.60. The van der Waals surface area contributed by atoms with E-state index in [0.717, 1.165) is 12.8 Å². The second-order valence-corrected chi connectivity index (χ2v) is 5.86. The van der Waals surface area contributed by atoms with Crippen LogP contribution in [-0.2, 0) is 4.79 Å². The normalized spacial score (nSPS) is 16.8. The molecule has 114 valence electrons. The van der Waals surface area contributed by atoms with Crippen LogP contribution in [0.25, 0.3) is 0 Å². The average Bonchev–Trinajstić information content (AvgIpc) is 3.39. The minimum absolute atomic E-state index is 0.0139. The molecule has 0 radical (unpaired) electrons. The molecule has 0 spiro atoms. The minimum Gasteiger partial charge on any atom is -0.382 e. The first-order chi connectivity index (χ1) is 10.7. The van der Waals surface area contributed by atoms with Crippen LogP contribution in [0.3, 0.4) is 0 Å². The number of aliphatic hydroxyl groups is 1. The molecule has 0 saturated heterocycles. The summed E-state index contributed by atoms with van der Waals surface area (Å²) in [4.78, 5) is 16.5. The molecule has 1 amide bonds. The van der Waals surface area contributed by atoms with Crippen LogP contribution in [0.5, 0.6) is 0 Å². The van der Waals surface area contributed by atoms with Crippen LogP contribution in [0.4, 0.5) is 5.69 Å². The van der Waals surface area contributed by atoms with Crippen molar-refractivity contribution in [2.45, 2.75) is 25.9 Å². The van der Waals surface area contributed by atoms with E-state index in [-0.39, 0.29) is 11.8 Å². The lowest BCUT2D eigenvalue weighted by Gasteiger charge is -2.17. The quantitative estimate of drug-likeness (QED) is 0.891. The number of para-hydroxylation sites is 1. The summed E-state index contributed by atoms with van der Waals surface area (Å²) in [5, 5.41) is 13.5. The summed E-state index contributed by atoms with van der Waals surface area (Å²) >= 11 is 0. The lowest BCUT2D eigenvalue weighted by Crippen LogP contribution is -2.23. The Morgan fingerprint density at radius 1 is 1.23 bits per heavy atom. The zero-order valence-electron chi connectivity index (χ0n) is 12.6. The molecule has 2 aromatic rings. The summed E-state index contributed by atoms with van der Waals surface area (Å²) in [5.74, 6) is 0.538. The average molecular weight is 296 g/mol. The molecule has 1 saturated carbocycles. The molecule has 3 rings (SSSR count). The summed E-state index contributed by atoms with van der Waals surface area (Å²) in [6, 6.07) is 12.8. The molecule has 0 bridgehead atoms. The number of pyridine rings is 1. The van der Waals surface area contributed by atoms with E-state index in [4.69, 9.17) is 0 Å². The van der Waals surface area contributed by atoms with E-state index >= 15 is 0 Å². The minimum atomic E-state index is -0.853. The van der Waals surface area contributed by atoms with Gasteiger partial charge in [0.2, 0.25) is 5.91 Å². The van der Waals surface area contributed by atoms with Gasteiger partial charge in [0.1, 0.15) is 6.10 Å². The molecule has 4 nitrogen and oxygen atoms in total. The second-order valence-electron chi connectivity index (χ2n) is 5.86. The Morgan fingerprint density at radius 2 is 1.95 bits per heavy atom. The van der Waals surface area contributed by atoms with E-state index in [9.17, 15) is 9.90 Å². The highest BCUT2D eigenvalue weighted by Crippen LogP contribution is 2.37. The lowest BCUT2D eigenvalue weighted by molar-refractivity contribution is -0.119. The van der Waals surface area contributed by atoms with Gasteiger partial charge in [-0.1, -0.05) is 31.2 Å². The molecule has 2 N–H and O–H groups in total. The molecular weight excluding hydrogens is 276 g/mol. The Kier molecular flexibility index (Phi) is 4.20. The Labute approximate surface area is 130 Å². The summed E-state index contributed by atoms with van der Waals surface area (Å²) < 4.78 is 0. The first kappa shape index (κ1) is 14.7. The second kappa shape index (κ2) is 6.28. The number of carbonyl (C=O) groups is 1. The molecule has 2 atom stereocenters. The van der Waals surface area contributed by atoms with E-state index in [2.05, 4.69) is 10.3 Å². The molecule has 1 aromatic carbocycles. The topological polar surface area (TPSA) is 62.2 Å². The maximum Gasteiger partial charge on any atom is 0.227 e. The third-order valence-corrected chi connectivity index (χ3v) is 4.22. The van der Waals surface area contributed by atoms with Crippen molar-refractivity contribution >= 4 is 11.6 Å². The molecule has 22 heavy (non-hydrogen) atoms. The van der Waals surface area contributed by atoms with Crippen LogP contribution in [-0.4, -0.2) is 16.0 Å². The van der Waals surface area contributed by atoms with E-state index in [1.165, 1.54) is 0 Å². The van der Waals surface area contributed by atoms with Gasteiger partial charge in [0.15, 0.2) is 0 Å². The zero-order chi connectivity index (χ0) is 15.5. The maximum atomic E-state index is 12.3. The van der Waals surface area contributed by atoms with Crippen LogP contribution in [0.15, 0.2) is 48.7 Å². The monoisotopic (exact) mass is 296 g/mol. The van der Waals surface area contributed by atoms with Crippen molar-refractivity contribution in [2.24, 2.45) is 11.8 Å². The van der Waals surface area contributed by atoms with Gasteiger partial charge in [0.25, 0.3) is 0 Å². The van der Waals surface area contributed by atoms with Gasteiger partial charge in [-0.15, -0.1) is 0 Å². The van der Waals surface area contributed by atoms with E-state index in [1.807, 2.05) is 37.3 Å². The van der Waals surface area contributed by atoms with Crippen LogP contribution >= 0.6 is 0 Å². The number of hydrogen-bond donors (Lipinski definition) is 2. The lowest BCUT2D eigenvalue weighted by atomic mass is 10.0. The molecule has 1 aliphatic rings. The van der Waals surface area contributed by atoms with Gasteiger partial charge in [-0.3, -0.25) is 9.78 Å². The Morgan fingerprint density at radius 3 is 2.64 bits per heavy atom. The number of carbonyl (C=O) groups excluding carboxylic acids is 1. The number of anilines is 1. The highest BCUT2D eigenvalue weighted by Gasteiger charge is 2.33. The Hall–Kier alpha value is -2.20. The van der Waals surface area contributed by atoms with Crippen LogP contribution in [0.1, 0.15) is 37.1 Å². The van der Waals surface area contributed by atoms with Crippen molar-refractivity contribution in [2.75, 3.05) is 5.32 Å². The van der Waals surface area contributed by atoms with E-state index in [1.54, 1.807) is 18.3 Å². The number of nitrogens with zero attached hydrogens (tertiary/aromatic N) is 1. The first-order valence-electron chi connectivity index (χ1n) is 7.65. The summed E-state index contributed by atoms with van der Waals surface area (Å²) in [5.41, 5.74) is 1.88. The largest absolute Gasteiger partial charge is 0.382 e. The van der Waals surface area contributed by atoms with Gasteiger partial charge in [0, 0.05) is 23.4 Å². The van der Waals surface area contributed by atoms with Crippen molar-refractivity contribution in [3.63, 3.8) is 0 Å². The van der Waals surface area contributed by atoms with Crippen molar-refractivity contribution in [1.82, 2.24) is 4.98 Å². The summed E-state index contributed by atoms with van der Waals surface area (Å²) in [7, 11) is 0. The maximum absolute atomic E-state index is 12.3. The van der Waals surface area contributed by atoms with Crippen LogP contribution in [0.2, 0.25) is 0 Å². The standard InChI is InChI=1S/C18H20N2O2/c1-12(13-9-10-13)18(22)20-15-7-3-2-6-14(15)17(21)16-8-4-5-11-19-16/h2-8,11-13,17,21H,9-10H2,1H3,(H,20,22)/t12-,17-/m0/s1. The van der Waals surface area contributed by atoms with Gasteiger partial charge in [-0.2, -0.15) is 0 Å². The number of aliphatic hydroxyl groups excluding tert-OH is 1. The third-order valence-electron chi connectivity index (χ3n) is 4.22. The third kappa shape index (κ3) is 3.17. The van der Waals surface area contributed by atoms with Crippen LogP contribution < -0.4 is 5.32 Å². The van der Waals surface area contributed by atoms with Crippen molar-refractivity contribution < 1.29 is 9.90 Å². The fourth-order valence-electron chi connectivity index (χ4n) is 2.60. The van der Waals surface area contributed by atoms with E-state index in [0.29, 0.717) is 22.9 Å². The van der Waals surface area contributed by atoms with Gasteiger partial charge in [-0.25, -0.2) is 0 Å². The molecule has 1 heterocycles. The highest BCUT2D eigenvalue weighted by atomic mass is 16.3. The molecule has 0 unspecified atom stereocenters. The highest BCUT2D eigenvalue weighted by molar-refractivity contribution is 5.93. The number of hydrogen-bond acceptors (Lipinski definition) is 3. The van der Waals surface area contributed by atoms with Crippen molar-refractivity contribution in [1.29, 1.82) is 0 Å². The number of amides is 1.